The quantitative estimate of drug-likeness (QED) is 0.314. The summed E-state index contributed by atoms with van der Waals surface area (Å²) in [5.41, 5.74) is 5.76. The topological polar surface area (TPSA) is 108 Å². The van der Waals surface area contributed by atoms with Crippen molar-refractivity contribution in [3.8, 4) is 0 Å². The molecular weight excluding hydrogens is 336 g/mol. The van der Waals surface area contributed by atoms with E-state index in [0.29, 0.717) is 11.4 Å². The van der Waals surface area contributed by atoms with Crippen molar-refractivity contribution < 1.29 is 3.63 Å². The van der Waals surface area contributed by atoms with Gasteiger partial charge in [-0.15, -0.1) is 40.9 Å². The van der Waals surface area contributed by atoms with Gasteiger partial charge in [-0.25, -0.2) is 3.63 Å². The highest BCUT2D eigenvalue weighted by atomic mass is 32.2. The van der Waals surface area contributed by atoms with E-state index in [0.717, 1.165) is 43.9 Å². The smallest absolute Gasteiger partial charge is 0.144 e. The number of nitrogens with zero attached hydrogens (tertiary/aromatic N) is 8. The predicted molar refractivity (Wildman–Crippen MR) is 82.4 cm³/mol. The van der Waals surface area contributed by atoms with Crippen LogP contribution in [0.25, 0.3) is 0 Å². The molecule has 0 fully saturated rings. The molecular formula is C12H2N8OS2. The van der Waals surface area contributed by atoms with Gasteiger partial charge in [-0.05, 0) is 12.1 Å². The Labute approximate surface area is 136 Å². The van der Waals surface area contributed by atoms with Crippen molar-refractivity contribution in [3.63, 3.8) is 0 Å². The molecule has 2 aromatic carbocycles. The number of benzene rings is 2. The Kier molecular flexibility index (Phi) is 2.12. The molecule has 4 aliphatic rings. The number of hydrogen-bond donors (Lipinski definition) is 0. The molecule has 6 rings (SSSR count). The van der Waals surface area contributed by atoms with E-state index in [4.69, 9.17) is 3.63 Å². The molecule has 0 amide bonds. The van der Waals surface area contributed by atoms with Gasteiger partial charge in [0.05, 0.1) is 9.79 Å². The Morgan fingerprint density at radius 1 is 0.522 bits per heavy atom. The fourth-order valence-electron chi connectivity index (χ4n) is 2.58. The molecule has 0 N–H and O–H groups in total. The second-order valence-electron chi connectivity index (χ2n) is 4.91. The second kappa shape index (κ2) is 4.07. The molecule has 9 nitrogen and oxygen atoms in total. The minimum atomic E-state index is 0.700. The summed E-state index contributed by atoms with van der Waals surface area (Å²) in [5.74, 6) is 0. The van der Waals surface area contributed by atoms with E-state index in [1.165, 1.54) is 24.1 Å². The van der Waals surface area contributed by atoms with Gasteiger partial charge in [0.15, 0.2) is 0 Å². The molecule has 0 spiro atoms. The largest absolute Gasteiger partial charge is 0.237 e. The summed E-state index contributed by atoms with van der Waals surface area (Å²) in [6.45, 7) is 0. The van der Waals surface area contributed by atoms with E-state index >= 15 is 0 Å². The summed E-state index contributed by atoms with van der Waals surface area (Å²) >= 11 is 2.38. The average molecular weight is 338 g/mol. The first kappa shape index (κ1) is 12.0. The number of azo groups is 4. The highest BCUT2D eigenvalue weighted by Gasteiger charge is 2.29. The van der Waals surface area contributed by atoms with Crippen LogP contribution in [0, 0.1) is 0 Å². The van der Waals surface area contributed by atoms with Crippen LogP contribution in [0.5, 0.6) is 0 Å². The number of rotatable bonds is 4. The zero-order valence-electron chi connectivity index (χ0n) is 11.0. The molecule has 0 aromatic heterocycles. The Bertz CT molecular complexity index is 975. The van der Waals surface area contributed by atoms with Crippen molar-refractivity contribution >= 4 is 69.6 Å². The molecule has 0 atom stereocenters. The van der Waals surface area contributed by atoms with Gasteiger partial charge < -0.3 is 0 Å². The second-order valence-corrected chi connectivity index (χ2v) is 6.67. The monoisotopic (exact) mass is 338 g/mol. The Hall–Kier alpha value is -2.50. The maximum Gasteiger partial charge on any atom is 0.144 e. The highest BCUT2D eigenvalue weighted by molar-refractivity contribution is 8.08. The van der Waals surface area contributed by atoms with Crippen LogP contribution in [0.1, 0.15) is 0 Å². The van der Waals surface area contributed by atoms with Gasteiger partial charge >= 0.3 is 0 Å². The average Bonchev–Trinajstić information content (AvgIpc) is 3.22. The molecule has 0 saturated carbocycles. The molecule has 0 aliphatic carbocycles. The van der Waals surface area contributed by atoms with Crippen LogP contribution < -0.4 is 0 Å². The molecule has 8 bridgehead atoms. The van der Waals surface area contributed by atoms with E-state index in [2.05, 4.69) is 40.9 Å². The van der Waals surface area contributed by atoms with Crippen LogP contribution >= 0.6 is 24.1 Å². The fraction of sp³-hybridized carbons (Fsp3) is 0. The van der Waals surface area contributed by atoms with Crippen LogP contribution in [0.4, 0.5) is 45.5 Å². The fourth-order valence-corrected chi connectivity index (χ4v) is 4.05. The lowest BCUT2D eigenvalue weighted by atomic mass is 10.2. The molecule has 2 aromatic rings. The lowest BCUT2D eigenvalue weighted by Crippen LogP contribution is -1.74. The van der Waals surface area contributed by atoms with E-state index in [9.17, 15) is 0 Å². The predicted octanol–water partition coefficient (Wildman–Crippen LogP) is 7.33. The van der Waals surface area contributed by atoms with Crippen LogP contribution in [-0.4, -0.2) is 0 Å². The van der Waals surface area contributed by atoms with Crippen molar-refractivity contribution in [3.05, 3.63) is 12.1 Å². The summed E-state index contributed by atoms with van der Waals surface area (Å²) in [6.07, 6.45) is 0. The third kappa shape index (κ3) is 1.48. The van der Waals surface area contributed by atoms with Crippen LogP contribution in [0.2, 0.25) is 0 Å². The van der Waals surface area contributed by atoms with Crippen molar-refractivity contribution in [2.24, 2.45) is 40.9 Å². The summed E-state index contributed by atoms with van der Waals surface area (Å²) < 4.78 is 5.68. The van der Waals surface area contributed by atoms with Gasteiger partial charge in [-0.2, -0.15) is 0 Å². The Morgan fingerprint density at radius 2 is 0.957 bits per heavy atom. The van der Waals surface area contributed by atoms with Gasteiger partial charge in [0.2, 0.25) is 0 Å². The summed E-state index contributed by atoms with van der Waals surface area (Å²) in [4.78, 5) is 1.66. The zero-order valence-corrected chi connectivity index (χ0v) is 12.6. The molecule has 0 radical (unpaired) electrons. The van der Waals surface area contributed by atoms with E-state index in [1.807, 2.05) is 12.1 Å². The SMILES string of the molecule is c1c2c3c(c(c1SOSc1cc4c5c(c1N=N5)N=N4)N=N3)N=N2. The molecule has 0 unspecified atom stereocenters. The van der Waals surface area contributed by atoms with Crippen molar-refractivity contribution in [1.29, 1.82) is 0 Å². The van der Waals surface area contributed by atoms with Gasteiger partial charge in [0, 0.05) is 24.1 Å². The van der Waals surface area contributed by atoms with Crippen molar-refractivity contribution in [2.45, 2.75) is 9.79 Å². The van der Waals surface area contributed by atoms with E-state index in [-0.39, 0.29) is 0 Å². The molecule has 4 aliphatic heterocycles. The summed E-state index contributed by atoms with van der Waals surface area (Å²) in [6, 6.07) is 3.74. The van der Waals surface area contributed by atoms with E-state index in [1.54, 1.807) is 0 Å². The molecule has 11 heteroatoms. The zero-order chi connectivity index (χ0) is 15.0. The van der Waals surface area contributed by atoms with Gasteiger partial charge in [0.25, 0.3) is 0 Å². The van der Waals surface area contributed by atoms with Crippen LogP contribution in [-0.2, 0) is 3.63 Å². The van der Waals surface area contributed by atoms with E-state index < -0.39 is 0 Å². The van der Waals surface area contributed by atoms with Gasteiger partial charge in [-0.3, -0.25) is 0 Å². The molecule has 108 valence electrons. The first-order valence-corrected chi connectivity index (χ1v) is 7.97. The summed E-state index contributed by atoms with van der Waals surface area (Å²) in [5, 5.41) is 32.6. The molecule has 0 saturated heterocycles. The first-order valence-electron chi connectivity index (χ1n) is 6.49. The van der Waals surface area contributed by atoms with Gasteiger partial charge in [-0.1, -0.05) is 0 Å². The highest BCUT2D eigenvalue weighted by Crippen LogP contribution is 2.60. The Balaban J connectivity index is 1.26. The normalized spacial score (nSPS) is 15.7. The van der Waals surface area contributed by atoms with Crippen molar-refractivity contribution in [1.82, 2.24) is 0 Å². The first-order chi connectivity index (χ1) is 11.4. The van der Waals surface area contributed by atoms with Crippen LogP contribution in [0.3, 0.4) is 0 Å². The van der Waals surface area contributed by atoms with Crippen molar-refractivity contribution in [2.75, 3.05) is 0 Å². The molecule has 23 heavy (non-hydrogen) atoms. The minimum absolute atomic E-state index is 0.700. The standard InChI is InChI=1S/C12H2N8OS2/c1-3-7-11(19-13-3)9(17-15-7)5(1)22-21-23-6-2-4-8-12(20-14-4)10(6)18-16-8/h1-2H. The summed E-state index contributed by atoms with van der Waals surface area (Å²) in [7, 11) is 0. The third-order valence-corrected chi connectivity index (χ3v) is 5.17. The molecule has 4 heterocycles. The van der Waals surface area contributed by atoms with Gasteiger partial charge in [0.1, 0.15) is 45.5 Å². The minimum Gasteiger partial charge on any atom is -0.237 e. The van der Waals surface area contributed by atoms with Crippen LogP contribution in [0.15, 0.2) is 62.8 Å². The lowest BCUT2D eigenvalue weighted by Gasteiger charge is -2.04. The maximum atomic E-state index is 5.68. The third-order valence-electron chi connectivity index (χ3n) is 3.65. The lowest BCUT2D eigenvalue weighted by molar-refractivity contribution is 0.757. The Morgan fingerprint density at radius 3 is 1.48 bits per heavy atom. The maximum absolute atomic E-state index is 5.68. The number of hydrogen-bond acceptors (Lipinski definition) is 11.